The van der Waals surface area contributed by atoms with Gasteiger partial charge in [-0.25, -0.2) is 0 Å². The third-order valence-electron chi connectivity index (χ3n) is 2.78. The zero-order chi connectivity index (χ0) is 8.39. The molecule has 1 N–H and O–H groups in total. The van der Waals surface area contributed by atoms with Gasteiger partial charge in [0.05, 0.1) is 6.04 Å². The lowest BCUT2D eigenvalue weighted by molar-refractivity contribution is 0.192. The fourth-order valence-electron chi connectivity index (χ4n) is 1.91. The summed E-state index contributed by atoms with van der Waals surface area (Å²) in [5.41, 5.74) is 0. The lowest BCUT2D eigenvalue weighted by atomic mass is 10.1. The fourth-order valence-corrected chi connectivity index (χ4v) is 1.91. The van der Waals surface area contributed by atoms with Crippen molar-refractivity contribution < 1.29 is 0 Å². The van der Waals surface area contributed by atoms with E-state index < -0.39 is 0 Å². The topological polar surface area (TPSA) is 15.3 Å². The van der Waals surface area contributed by atoms with E-state index in [2.05, 4.69) is 16.1 Å². The van der Waals surface area contributed by atoms with Gasteiger partial charge in [0.2, 0.25) is 0 Å². The van der Waals surface area contributed by atoms with Crippen LogP contribution in [-0.2, 0) is 0 Å². The molecule has 1 heterocycles. The van der Waals surface area contributed by atoms with E-state index in [1.165, 1.54) is 12.8 Å². The van der Waals surface area contributed by atoms with Crippen molar-refractivity contribution in [3.8, 4) is 12.3 Å². The SMILES string of the molecule is C#CC(C1CC1)N1CCNCC1. The van der Waals surface area contributed by atoms with Gasteiger partial charge < -0.3 is 5.32 Å². The van der Waals surface area contributed by atoms with E-state index in [0.717, 1.165) is 32.1 Å². The molecule has 66 valence electrons. The van der Waals surface area contributed by atoms with E-state index >= 15 is 0 Å². The van der Waals surface area contributed by atoms with E-state index in [1.54, 1.807) is 0 Å². The van der Waals surface area contributed by atoms with Crippen molar-refractivity contribution in [3.63, 3.8) is 0 Å². The Balaban J connectivity index is 1.91. The number of hydrogen-bond acceptors (Lipinski definition) is 2. The second-order valence-electron chi connectivity index (χ2n) is 3.73. The summed E-state index contributed by atoms with van der Waals surface area (Å²) in [7, 11) is 0. The van der Waals surface area contributed by atoms with Crippen LogP contribution in [0.4, 0.5) is 0 Å². The first kappa shape index (κ1) is 8.10. The molecule has 0 aromatic rings. The number of nitrogens with one attached hydrogen (secondary N) is 1. The van der Waals surface area contributed by atoms with Gasteiger partial charge in [-0.2, -0.15) is 0 Å². The Morgan fingerprint density at radius 1 is 1.33 bits per heavy atom. The minimum absolute atomic E-state index is 0.437. The first-order valence-electron chi connectivity index (χ1n) is 4.82. The van der Waals surface area contributed by atoms with Crippen molar-refractivity contribution in [3.05, 3.63) is 0 Å². The number of hydrogen-bond donors (Lipinski definition) is 1. The maximum atomic E-state index is 5.53. The number of nitrogens with zero attached hydrogens (tertiary/aromatic N) is 1. The van der Waals surface area contributed by atoms with Crippen LogP contribution in [0.2, 0.25) is 0 Å². The summed E-state index contributed by atoms with van der Waals surface area (Å²) in [4.78, 5) is 2.45. The third kappa shape index (κ3) is 1.63. The molecule has 2 heteroatoms. The molecular formula is C10H16N2. The van der Waals surface area contributed by atoms with Gasteiger partial charge in [-0.15, -0.1) is 6.42 Å². The average molecular weight is 164 g/mol. The number of rotatable bonds is 2. The molecular weight excluding hydrogens is 148 g/mol. The predicted octanol–water partition coefficient (Wildman–Crippen LogP) is 0.303. The lowest BCUT2D eigenvalue weighted by Gasteiger charge is -2.32. The van der Waals surface area contributed by atoms with Gasteiger partial charge in [0.1, 0.15) is 0 Å². The fraction of sp³-hybridized carbons (Fsp3) is 0.800. The van der Waals surface area contributed by atoms with Crippen molar-refractivity contribution >= 4 is 0 Å². The first-order valence-corrected chi connectivity index (χ1v) is 4.82. The molecule has 1 aliphatic carbocycles. The molecule has 2 fully saturated rings. The molecule has 0 aromatic carbocycles. The molecule has 2 nitrogen and oxygen atoms in total. The van der Waals surface area contributed by atoms with E-state index in [1.807, 2.05) is 0 Å². The van der Waals surface area contributed by atoms with Crippen LogP contribution in [0.3, 0.4) is 0 Å². The number of piperazine rings is 1. The quantitative estimate of drug-likeness (QED) is 0.591. The second kappa shape index (κ2) is 3.47. The monoisotopic (exact) mass is 164 g/mol. The second-order valence-corrected chi connectivity index (χ2v) is 3.73. The van der Waals surface area contributed by atoms with Gasteiger partial charge in [0.15, 0.2) is 0 Å². The summed E-state index contributed by atoms with van der Waals surface area (Å²) in [6.07, 6.45) is 8.22. The van der Waals surface area contributed by atoms with Crippen LogP contribution in [-0.4, -0.2) is 37.1 Å². The van der Waals surface area contributed by atoms with Crippen LogP contribution >= 0.6 is 0 Å². The van der Waals surface area contributed by atoms with Crippen molar-refractivity contribution in [1.29, 1.82) is 0 Å². The van der Waals surface area contributed by atoms with E-state index in [0.29, 0.717) is 6.04 Å². The summed E-state index contributed by atoms with van der Waals surface area (Å²) in [5.74, 6) is 3.74. The van der Waals surface area contributed by atoms with Gasteiger partial charge in [-0.1, -0.05) is 5.92 Å². The summed E-state index contributed by atoms with van der Waals surface area (Å²) < 4.78 is 0. The zero-order valence-electron chi connectivity index (χ0n) is 7.42. The minimum atomic E-state index is 0.437. The van der Waals surface area contributed by atoms with Crippen molar-refractivity contribution in [2.24, 2.45) is 5.92 Å². The Morgan fingerprint density at radius 2 is 2.00 bits per heavy atom. The Bertz CT molecular complexity index is 185. The summed E-state index contributed by atoms with van der Waals surface area (Å²) in [6, 6.07) is 0.437. The summed E-state index contributed by atoms with van der Waals surface area (Å²) in [5, 5.41) is 3.34. The Hall–Kier alpha value is -0.520. The molecule has 0 spiro atoms. The molecule has 1 unspecified atom stereocenters. The maximum Gasteiger partial charge on any atom is 0.0741 e. The highest BCUT2D eigenvalue weighted by Crippen LogP contribution is 2.35. The Kier molecular flexibility index (Phi) is 2.34. The van der Waals surface area contributed by atoms with E-state index in [9.17, 15) is 0 Å². The van der Waals surface area contributed by atoms with E-state index in [4.69, 9.17) is 6.42 Å². The van der Waals surface area contributed by atoms with Crippen LogP contribution in [0.25, 0.3) is 0 Å². The van der Waals surface area contributed by atoms with Gasteiger partial charge in [-0.05, 0) is 18.8 Å². The van der Waals surface area contributed by atoms with Crippen molar-refractivity contribution in [1.82, 2.24) is 10.2 Å². The Morgan fingerprint density at radius 3 is 2.50 bits per heavy atom. The lowest BCUT2D eigenvalue weighted by Crippen LogP contribution is -2.48. The van der Waals surface area contributed by atoms with Crippen molar-refractivity contribution in [2.75, 3.05) is 26.2 Å². The third-order valence-corrected chi connectivity index (χ3v) is 2.78. The maximum absolute atomic E-state index is 5.53. The highest BCUT2D eigenvalue weighted by molar-refractivity contribution is 5.07. The largest absolute Gasteiger partial charge is 0.314 e. The number of terminal acetylenes is 1. The molecule has 0 bridgehead atoms. The molecule has 2 rings (SSSR count). The molecule has 1 aliphatic heterocycles. The highest BCUT2D eigenvalue weighted by Gasteiger charge is 2.34. The zero-order valence-corrected chi connectivity index (χ0v) is 7.42. The molecule has 1 saturated heterocycles. The van der Waals surface area contributed by atoms with Crippen LogP contribution in [0.1, 0.15) is 12.8 Å². The van der Waals surface area contributed by atoms with Crippen LogP contribution in [0, 0.1) is 18.3 Å². The highest BCUT2D eigenvalue weighted by atomic mass is 15.2. The van der Waals surface area contributed by atoms with Gasteiger partial charge in [0.25, 0.3) is 0 Å². The molecule has 1 saturated carbocycles. The molecule has 12 heavy (non-hydrogen) atoms. The van der Waals surface area contributed by atoms with Gasteiger partial charge >= 0.3 is 0 Å². The van der Waals surface area contributed by atoms with E-state index in [-0.39, 0.29) is 0 Å². The average Bonchev–Trinajstić information content (AvgIpc) is 2.92. The first-order chi connectivity index (χ1) is 5.92. The Labute approximate surface area is 74.3 Å². The normalized spacial score (nSPS) is 27.9. The van der Waals surface area contributed by atoms with Crippen LogP contribution in [0.15, 0.2) is 0 Å². The molecule has 0 aromatic heterocycles. The summed E-state index contributed by atoms with van der Waals surface area (Å²) in [6.45, 7) is 4.46. The molecule has 0 amide bonds. The molecule has 1 atom stereocenters. The van der Waals surface area contributed by atoms with Gasteiger partial charge in [0, 0.05) is 26.2 Å². The standard InChI is InChI=1S/C10H16N2/c1-2-10(9-3-4-9)12-7-5-11-6-8-12/h1,9-11H,3-8H2. The summed E-state index contributed by atoms with van der Waals surface area (Å²) >= 11 is 0. The molecule has 0 radical (unpaired) electrons. The molecule has 2 aliphatic rings. The predicted molar refractivity (Wildman–Crippen MR) is 49.8 cm³/mol. The van der Waals surface area contributed by atoms with Crippen LogP contribution in [0.5, 0.6) is 0 Å². The van der Waals surface area contributed by atoms with Crippen molar-refractivity contribution in [2.45, 2.75) is 18.9 Å². The smallest absolute Gasteiger partial charge is 0.0741 e. The van der Waals surface area contributed by atoms with Crippen LogP contribution < -0.4 is 5.32 Å². The van der Waals surface area contributed by atoms with Gasteiger partial charge in [-0.3, -0.25) is 4.90 Å². The minimum Gasteiger partial charge on any atom is -0.314 e.